The molecule has 0 aliphatic heterocycles. The van der Waals surface area contributed by atoms with Crippen LogP contribution in [0.1, 0.15) is 52.9 Å². The van der Waals surface area contributed by atoms with Crippen molar-refractivity contribution in [3.8, 4) is 0 Å². The van der Waals surface area contributed by atoms with Crippen LogP contribution < -0.4 is 5.73 Å². The van der Waals surface area contributed by atoms with E-state index in [1.807, 2.05) is 0 Å². The molecule has 0 aromatic heterocycles. The Balaban J connectivity index is 2.18. The van der Waals surface area contributed by atoms with Crippen LogP contribution in [0.4, 0.5) is 0 Å². The summed E-state index contributed by atoms with van der Waals surface area (Å²) >= 11 is 0. The molecule has 3 nitrogen and oxygen atoms in total. The summed E-state index contributed by atoms with van der Waals surface area (Å²) in [4.78, 5) is 11.1. The molecule has 2 saturated carbocycles. The van der Waals surface area contributed by atoms with Gasteiger partial charge in [-0.25, -0.2) is 0 Å². The molecule has 3 N–H and O–H groups in total. The molecule has 2 rings (SSSR count). The van der Waals surface area contributed by atoms with Crippen molar-refractivity contribution in [3.63, 3.8) is 0 Å². The molecule has 0 saturated heterocycles. The smallest absolute Gasteiger partial charge is 0.303 e. The average molecular weight is 253 g/mol. The van der Waals surface area contributed by atoms with Crippen LogP contribution in [0.3, 0.4) is 0 Å². The Bertz CT molecular complexity index is 343. The van der Waals surface area contributed by atoms with Crippen molar-refractivity contribution in [1.82, 2.24) is 0 Å². The number of hydrogen-bond donors (Lipinski definition) is 2. The summed E-state index contributed by atoms with van der Waals surface area (Å²) in [5, 5.41) is 9.13. The molecule has 104 valence electrons. The molecule has 0 heterocycles. The standard InChI is InChI=1S/C15H27NO2/c1-4-11-5-6-12-14(3,10(11)2)8-15(12,9-16)7-13(17)18/h10-12H,4-9,16H2,1-3H3,(H,17,18)/t10-,11+,12-,14-,15+/m0/s1. The first kappa shape index (κ1) is 13.9. The second-order valence-electron chi connectivity index (χ2n) is 6.91. The molecule has 0 radical (unpaired) electrons. The third kappa shape index (κ3) is 1.78. The average Bonchev–Trinajstić information content (AvgIpc) is 2.30. The molecule has 2 aliphatic rings. The SMILES string of the molecule is CC[C@@H]1CC[C@@H]2[C@](CN)(CC(=O)O)C[C@@]2(C)[C@H]1C. The summed E-state index contributed by atoms with van der Waals surface area (Å²) in [6, 6.07) is 0. The number of fused-ring (bicyclic) bond motifs is 1. The number of hydrogen-bond acceptors (Lipinski definition) is 2. The van der Waals surface area contributed by atoms with E-state index in [2.05, 4.69) is 20.8 Å². The van der Waals surface area contributed by atoms with Crippen molar-refractivity contribution in [1.29, 1.82) is 0 Å². The summed E-state index contributed by atoms with van der Waals surface area (Å²) in [5.41, 5.74) is 6.14. The lowest BCUT2D eigenvalue weighted by Gasteiger charge is -2.67. The van der Waals surface area contributed by atoms with E-state index in [1.54, 1.807) is 0 Å². The summed E-state index contributed by atoms with van der Waals surface area (Å²) < 4.78 is 0. The maximum Gasteiger partial charge on any atom is 0.303 e. The largest absolute Gasteiger partial charge is 0.481 e. The number of carbonyl (C=O) groups is 1. The van der Waals surface area contributed by atoms with Gasteiger partial charge in [0.1, 0.15) is 0 Å². The molecule has 2 fully saturated rings. The van der Waals surface area contributed by atoms with E-state index in [1.165, 1.54) is 19.3 Å². The highest BCUT2D eigenvalue weighted by Crippen LogP contribution is 2.69. The number of rotatable bonds is 4. The zero-order valence-electron chi connectivity index (χ0n) is 11.9. The van der Waals surface area contributed by atoms with Gasteiger partial charge in [0.25, 0.3) is 0 Å². The van der Waals surface area contributed by atoms with Gasteiger partial charge in [0.05, 0.1) is 6.42 Å². The summed E-state index contributed by atoms with van der Waals surface area (Å²) in [7, 11) is 0. The van der Waals surface area contributed by atoms with Gasteiger partial charge in [-0.05, 0) is 54.4 Å². The zero-order valence-corrected chi connectivity index (χ0v) is 11.9. The van der Waals surface area contributed by atoms with Gasteiger partial charge in [0, 0.05) is 0 Å². The summed E-state index contributed by atoms with van der Waals surface area (Å²) in [5.74, 6) is 1.35. The molecule has 5 atom stereocenters. The van der Waals surface area contributed by atoms with E-state index >= 15 is 0 Å². The predicted octanol–water partition coefficient (Wildman–Crippen LogP) is 2.89. The Hall–Kier alpha value is -0.570. The van der Waals surface area contributed by atoms with Gasteiger partial charge in [-0.3, -0.25) is 4.79 Å². The zero-order chi connectivity index (χ0) is 13.6. The minimum Gasteiger partial charge on any atom is -0.481 e. The highest BCUT2D eigenvalue weighted by Gasteiger charge is 2.64. The third-order valence-electron chi connectivity index (χ3n) is 6.28. The molecule has 0 unspecified atom stereocenters. The van der Waals surface area contributed by atoms with Crippen molar-refractivity contribution in [3.05, 3.63) is 0 Å². The highest BCUT2D eigenvalue weighted by atomic mass is 16.4. The van der Waals surface area contributed by atoms with Gasteiger partial charge < -0.3 is 10.8 Å². The molecule has 0 aromatic rings. The number of aliphatic carboxylic acids is 1. The van der Waals surface area contributed by atoms with E-state index in [0.29, 0.717) is 23.8 Å². The van der Waals surface area contributed by atoms with Crippen molar-refractivity contribution in [2.24, 2.45) is 34.3 Å². The van der Waals surface area contributed by atoms with Crippen LogP contribution in [0.25, 0.3) is 0 Å². The first-order valence-electron chi connectivity index (χ1n) is 7.31. The second-order valence-corrected chi connectivity index (χ2v) is 6.91. The van der Waals surface area contributed by atoms with Gasteiger partial charge >= 0.3 is 5.97 Å². The topological polar surface area (TPSA) is 63.3 Å². The van der Waals surface area contributed by atoms with Crippen LogP contribution in [0, 0.1) is 28.6 Å². The molecule has 0 spiro atoms. The molecule has 0 amide bonds. The van der Waals surface area contributed by atoms with Gasteiger partial charge in [-0.1, -0.05) is 27.2 Å². The molecule has 0 aromatic carbocycles. The van der Waals surface area contributed by atoms with Crippen molar-refractivity contribution < 1.29 is 9.90 Å². The lowest BCUT2D eigenvalue weighted by Crippen LogP contribution is -2.64. The Morgan fingerprint density at radius 1 is 1.44 bits per heavy atom. The van der Waals surface area contributed by atoms with E-state index in [0.717, 1.165) is 12.3 Å². The van der Waals surface area contributed by atoms with Crippen molar-refractivity contribution in [2.45, 2.75) is 52.9 Å². The van der Waals surface area contributed by atoms with Crippen LogP contribution >= 0.6 is 0 Å². The minimum atomic E-state index is -0.687. The number of carboxylic acid groups (broad SMARTS) is 1. The fourth-order valence-corrected chi connectivity index (χ4v) is 5.19. The third-order valence-corrected chi connectivity index (χ3v) is 6.28. The number of carboxylic acids is 1. The molecular formula is C15H27NO2. The van der Waals surface area contributed by atoms with Gasteiger partial charge in [0.2, 0.25) is 0 Å². The normalized spacial score (nSPS) is 47.2. The fraction of sp³-hybridized carbons (Fsp3) is 0.933. The molecule has 2 aliphatic carbocycles. The van der Waals surface area contributed by atoms with Gasteiger partial charge in [-0.15, -0.1) is 0 Å². The van der Waals surface area contributed by atoms with E-state index in [9.17, 15) is 4.79 Å². The summed E-state index contributed by atoms with van der Waals surface area (Å²) in [6.45, 7) is 7.53. The quantitative estimate of drug-likeness (QED) is 0.809. The highest BCUT2D eigenvalue weighted by molar-refractivity contribution is 5.68. The summed E-state index contributed by atoms with van der Waals surface area (Å²) in [6.07, 6.45) is 4.93. The minimum absolute atomic E-state index is 0.118. The van der Waals surface area contributed by atoms with Crippen LogP contribution in [0.2, 0.25) is 0 Å². The lowest BCUT2D eigenvalue weighted by molar-refractivity contribution is -0.193. The lowest BCUT2D eigenvalue weighted by atomic mass is 9.37. The van der Waals surface area contributed by atoms with Crippen molar-refractivity contribution in [2.75, 3.05) is 6.54 Å². The Morgan fingerprint density at radius 3 is 2.61 bits per heavy atom. The van der Waals surface area contributed by atoms with E-state index in [4.69, 9.17) is 10.8 Å². The van der Waals surface area contributed by atoms with Crippen LogP contribution in [-0.2, 0) is 4.79 Å². The fourth-order valence-electron chi connectivity index (χ4n) is 5.19. The van der Waals surface area contributed by atoms with Crippen LogP contribution in [0.5, 0.6) is 0 Å². The molecule has 0 bridgehead atoms. The molecular weight excluding hydrogens is 226 g/mol. The van der Waals surface area contributed by atoms with E-state index in [-0.39, 0.29) is 11.8 Å². The van der Waals surface area contributed by atoms with Gasteiger partial charge in [-0.2, -0.15) is 0 Å². The Morgan fingerprint density at radius 2 is 2.11 bits per heavy atom. The van der Waals surface area contributed by atoms with Gasteiger partial charge in [0.15, 0.2) is 0 Å². The van der Waals surface area contributed by atoms with Crippen molar-refractivity contribution >= 4 is 5.97 Å². The molecule has 3 heteroatoms. The second kappa shape index (κ2) is 4.52. The first-order valence-corrected chi connectivity index (χ1v) is 7.31. The monoisotopic (exact) mass is 253 g/mol. The first-order chi connectivity index (χ1) is 8.39. The predicted molar refractivity (Wildman–Crippen MR) is 72.1 cm³/mol. The number of nitrogens with two attached hydrogens (primary N) is 1. The maximum absolute atomic E-state index is 11.1. The maximum atomic E-state index is 11.1. The Kier molecular flexibility index (Phi) is 3.48. The molecule has 18 heavy (non-hydrogen) atoms. The Labute approximate surface area is 110 Å². The van der Waals surface area contributed by atoms with Crippen LogP contribution in [-0.4, -0.2) is 17.6 Å². The van der Waals surface area contributed by atoms with Crippen LogP contribution in [0.15, 0.2) is 0 Å². The van der Waals surface area contributed by atoms with E-state index < -0.39 is 5.97 Å².